The van der Waals surface area contributed by atoms with Crippen molar-refractivity contribution in [2.75, 3.05) is 13.2 Å². The van der Waals surface area contributed by atoms with Gasteiger partial charge in [0.25, 0.3) is 5.56 Å². The van der Waals surface area contributed by atoms with E-state index >= 15 is 0 Å². The molecule has 1 aromatic heterocycles. The Labute approximate surface area is 135 Å². The maximum absolute atomic E-state index is 12.8. The van der Waals surface area contributed by atoms with Crippen LogP contribution in [0.4, 0.5) is 0 Å². The van der Waals surface area contributed by atoms with Gasteiger partial charge >= 0.3 is 0 Å². The summed E-state index contributed by atoms with van der Waals surface area (Å²) in [6.45, 7) is 4.17. The summed E-state index contributed by atoms with van der Waals surface area (Å²) >= 11 is 0. The van der Waals surface area contributed by atoms with Gasteiger partial charge in [0.05, 0.1) is 30.5 Å². The third-order valence-electron chi connectivity index (χ3n) is 5.22. The lowest BCUT2D eigenvalue weighted by Crippen LogP contribution is -2.53. The molecule has 0 N–H and O–H groups in total. The third-order valence-corrected chi connectivity index (χ3v) is 5.22. The van der Waals surface area contributed by atoms with Crippen LogP contribution in [0.3, 0.4) is 0 Å². The summed E-state index contributed by atoms with van der Waals surface area (Å²) in [7, 11) is 0. The Kier molecular flexibility index (Phi) is 3.91. The fraction of sp³-hybridized carbons (Fsp3) is 0.556. The summed E-state index contributed by atoms with van der Waals surface area (Å²) in [5, 5.41) is 6.26. The van der Waals surface area contributed by atoms with Crippen LogP contribution in [0.5, 0.6) is 0 Å². The smallest absolute Gasteiger partial charge is 0.275 e. The van der Waals surface area contributed by atoms with E-state index in [0.717, 1.165) is 42.5 Å². The number of nitrogens with zero attached hydrogens (tertiary/aromatic N) is 3. The lowest BCUT2D eigenvalue weighted by Gasteiger charge is -2.43. The van der Waals surface area contributed by atoms with Crippen LogP contribution in [-0.2, 0) is 11.4 Å². The Morgan fingerprint density at radius 1 is 1.22 bits per heavy atom. The number of fused-ring (bicyclic) bond motifs is 2. The molecule has 5 nitrogen and oxygen atoms in total. The first-order chi connectivity index (χ1) is 11.2. The average Bonchev–Trinajstić information content (AvgIpc) is 2.60. The molecule has 2 fully saturated rings. The number of hydrogen-bond acceptors (Lipinski definition) is 4. The summed E-state index contributed by atoms with van der Waals surface area (Å²) in [6.07, 6.45) is 5.13. The van der Waals surface area contributed by atoms with E-state index in [-0.39, 0.29) is 5.56 Å². The largest absolute Gasteiger partial charge is 0.375 e. The molecule has 1 aromatic carbocycles. The molecule has 1 aliphatic heterocycles. The molecule has 0 bridgehead atoms. The van der Waals surface area contributed by atoms with Crippen molar-refractivity contribution in [2.24, 2.45) is 0 Å². The normalized spacial score (nSPS) is 25.4. The van der Waals surface area contributed by atoms with Gasteiger partial charge in [0.2, 0.25) is 0 Å². The predicted octanol–water partition coefficient (Wildman–Crippen LogP) is 2.31. The van der Waals surface area contributed by atoms with E-state index in [0.29, 0.717) is 18.8 Å². The van der Waals surface area contributed by atoms with Crippen LogP contribution in [0.1, 0.15) is 31.4 Å². The second kappa shape index (κ2) is 6.06. The fourth-order valence-electron chi connectivity index (χ4n) is 4.02. The number of aromatic nitrogens is 2. The summed E-state index contributed by atoms with van der Waals surface area (Å²) in [6, 6.07) is 8.16. The first-order valence-electron chi connectivity index (χ1n) is 8.56. The Bertz CT molecular complexity index is 768. The van der Waals surface area contributed by atoms with Gasteiger partial charge in [0, 0.05) is 18.0 Å². The molecule has 5 heteroatoms. The lowest BCUT2D eigenvalue weighted by atomic mass is 9.90. The van der Waals surface area contributed by atoms with E-state index in [4.69, 9.17) is 4.74 Å². The maximum Gasteiger partial charge on any atom is 0.275 e. The average molecular weight is 313 g/mol. The minimum Gasteiger partial charge on any atom is -0.375 e. The molecule has 2 heterocycles. The van der Waals surface area contributed by atoms with Crippen molar-refractivity contribution in [1.82, 2.24) is 14.7 Å². The summed E-state index contributed by atoms with van der Waals surface area (Å²) in [5.74, 6) is 0. The highest BCUT2D eigenvalue weighted by Crippen LogP contribution is 2.28. The number of rotatable bonds is 2. The molecule has 4 rings (SSSR count). The highest BCUT2D eigenvalue weighted by molar-refractivity contribution is 5.83. The van der Waals surface area contributed by atoms with Crippen LogP contribution in [0.15, 0.2) is 29.1 Å². The SMILES string of the molecule is Cc1nn(CN2CCO[C@@H]3CCCC[C@H]32)c(=O)c2ccccc12. The molecule has 2 atom stereocenters. The zero-order chi connectivity index (χ0) is 15.8. The van der Waals surface area contributed by atoms with E-state index in [1.807, 2.05) is 31.2 Å². The first-order valence-corrected chi connectivity index (χ1v) is 8.56. The van der Waals surface area contributed by atoms with Gasteiger partial charge in [0.1, 0.15) is 0 Å². The van der Waals surface area contributed by atoms with Crippen molar-refractivity contribution in [3.8, 4) is 0 Å². The van der Waals surface area contributed by atoms with Gasteiger partial charge in [0.15, 0.2) is 0 Å². The van der Waals surface area contributed by atoms with Gasteiger partial charge in [-0.2, -0.15) is 5.10 Å². The Morgan fingerprint density at radius 2 is 2.00 bits per heavy atom. The van der Waals surface area contributed by atoms with Crippen LogP contribution in [0.25, 0.3) is 10.8 Å². The second-order valence-electron chi connectivity index (χ2n) is 6.65. The van der Waals surface area contributed by atoms with Crippen molar-refractivity contribution in [3.05, 3.63) is 40.3 Å². The lowest BCUT2D eigenvalue weighted by molar-refractivity contribution is -0.0996. The molecule has 0 radical (unpaired) electrons. The zero-order valence-electron chi connectivity index (χ0n) is 13.6. The van der Waals surface area contributed by atoms with Gasteiger partial charge in [-0.15, -0.1) is 0 Å². The molecule has 2 aliphatic rings. The summed E-state index contributed by atoms with van der Waals surface area (Å²) in [4.78, 5) is 15.1. The van der Waals surface area contributed by atoms with Crippen molar-refractivity contribution >= 4 is 10.8 Å². The zero-order valence-corrected chi connectivity index (χ0v) is 13.6. The number of morpholine rings is 1. The minimum atomic E-state index is 0.00468. The van der Waals surface area contributed by atoms with Crippen molar-refractivity contribution < 1.29 is 4.74 Å². The number of hydrogen-bond donors (Lipinski definition) is 0. The monoisotopic (exact) mass is 313 g/mol. The molecule has 1 aliphatic carbocycles. The van der Waals surface area contributed by atoms with Gasteiger partial charge in [-0.05, 0) is 25.8 Å². The number of benzene rings is 1. The van der Waals surface area contributed by atoms with Crippen LogP contribution in [0.2, 0.25) is 0 Å². The molecule has 2 aromatic rings. The van der Waals surface area contributed by atoms with Gasteiger partial charge in [-0.25, -0.2) is 4.68 Å². The molecule has 122 valence electrons. The second-order valence-corrected chi connectivity index (χ2v) is 6.65. The van der Waals surface area contributed by atoms with Crippen LogP contribution in [0, 0.1) is 6.92 Å². The van der Waals surface area contributed by atoms with Crippen LogP contribution < -0.4 is 5.56 Å². The fourth-order valence-corrected chi connectivity index (χ4v) is 4.02. The predicted molar refractivity (Wildman–Crippen MR) is 89.4 cm³/mol. The Hall–Kier alpha value is -1.72. The Morgan fingerprint density at radius 3 is 2.87 bits per heavy atom. The minimum absolute atomic E-state index is 0.00468. The molecule has 0 amide bonds. The molecule has 0 spiro atoms. The standard InChI is InChI=1S/C18H23N3O2/c1-13-14-6-2-3-7-15(14)18(22)21(19-13)12-20-10-11-23-17-9-5-4-8-16(17)20/h2-3,6-7,16-17H,4-5,8-12H2,1H3/t16-,17-/m1/s1. The van der Waals surface area contributed by atoms with Crippen LogP contribution in [-0.4, -0.2) is 40.0 Å². The maximum atomic E-state index is 12.8. The van der Waals surface area contributed by atoms with Crippen molar-refractivity contribution in [3.63, 3.8) is 0 Å². The van der Waals surface area contributed by atoms with E-state index in [1.54, 1.807) is 4.68 Å². The molecular formula is C18H23N3O2. The van der Waals surface area contributed by atoms with Crippen molar-refractivity contribution in [1.29, 1.82) is 0 Å². The topological polar surface area (TPSA) is 47.4 Å². The molecule has 1 saturated carbocycles. The van der Waals surface area contributed by atoms with E-state index in [9.17, 15) is 4.79 Å². The first kappa shape index (κ1) is 14.8. The number of ether oxygens (including phenoxy) is 1. The molecular weight excluding hydrogens is 290 g/mol. The quantitative estimate of drug-likeness (QED) is 0.853. The third kappa shape index (κ3) is 2.68. The van der Waals surface area contributed by atoms with Gasteiger partial charge in [-0.3, -0.25) is 9.69 Å². The summed E-state index contributed by atoms with van der Waals surface area (Å²) in [5.41, 5.74) is 0.915. The van der Waals surface area contributed by atoms with E-state index < -0.39 is 0 Å². The molecule has 1 saturated heterocycles. The number of aryl methyl sites for hydroxylation is 1. The Balaban J connectivity index is 1.67. The molecule has 23 heavy (non-hydrogen) atoms. The van der Waals surface area contributed by atoms with Gasteiger partial charge < -0.3 is 4.74 Å². The highest BCUT2D eigenvalue weighted by Gasteiger charge is 2.34. The molecule has 0 unspecified atom stereocenters. The summed E-state index contributed by atoms with van der Waals surface area (Å²) < 4.78 is 7.56. The van der Waals surface area contributed by atoms with Crippen LogP contribution >= 0.6 is 0 Å². The van der Waals surface area contributed by atoms with Gasteiger partial charge in [-0.1, -0.05) is 31.0 Å². The van der Waals surface area contributed by atoms with E-state index in [1.165, 1.54) is 12.8 Å². The van der Waals surface area contributed by atoms with Crippen molar-refractivity contribution in [2.45, 2.75) is 51.4 Å². The van der Waals surface area contributed by atoms with E-state index in [2.05, 4.69) is 10.00 Å². The highest BCUT2D eigenvalue weighted by atomic mass is 16.5.